The van der Waals surface area contributed by atoms with Crippen molar-refractivity contribution in [1.29, 1.82) is 0 Å². The molecule has 3 aliphatic rings. The lowest BCUT2D eigenvalue weighted by Crippen LogP contribution is -2.44. The van der Waals surface area contributed by atoms with Crippen LogP contribution >= 0.6 is 0 Å². The maximum atomic E-state index is 13.0. The molecule has 3 aliphatic carbocycles. The van der Waals surface area contributed by atoms with Crippen molar-refractivity contribution in [1.82, 2.24) is 0 Å². The maximum Gasteiger partial charge on any atom is 0.164 e. The first-order valence-electron chi connectivity index (χ1n) is 9.51. The number of carbonyl (C=O) groups is 1. The van der Waals surface area contributed by atoms with E-state index in [2.05, 4.69) is 31.2 Å². The van der Waals surface area contributed by atoms with E-state index in [-0.39, 0.29) is 5.41 Å². The Morgan fingerprint density at radius 1 is 1.33 bits per heavy atom. The molecule has 4 rings (SSSR count). The number of ether oxygens (including phenoxy) is 1. The molecule has 1 aromatic carbocycles. The number of rotatable bonds is 2. The van der Waals surface area contributed by atoms with E-state index in [4.69, 9.17) is 4.74 Å². The Balaban J connectivity index is 1.72. The Morgan fingerprint density at radius 2 is 2.17 bits per heavy atom. The molecule has 0 aliphatic heterocycles. The van der Waals surface area contributed by atoms with E-state index in [0.717, 1.165) is 43.4 Å². The molecule has 0 heterocycles. The van der Waals surface area contributed by atoms with Gasteiger partial charge in [-0.3, -0.25) is 4.79 Å². The van der Waals surface area contributed by atoms with Gasteiger partial charge in [-0.15, -0.1) is 0 Å². The number of benzene rings is 1. The smallest absolute Gasteiger partial charge is 0.164 e. The fraction of sp³-hybridized carbons (Fsp3) is 0.591. The quantitative estimate of drug-likeness (QED) is 0.710. The number of carbonyl (C=O) groups excluding carboxylic acids is 1. The summed E-state index contributed by atoms with van der Waals surface area (Å²) in [5.41, 5.74) is 4.03. The van der Waals surface area contributed by atoms with Crippen LogP contribution in [0.2, 0.25) is 0 Å². The van der Waals surface area contributed by atoms with Crippen molar-refractivity contribution < 1.29 is 9.53 Å². The first-order chi connectivity index (χ1) is 11.6. The molecule has 4 atom stereocenters. The lowest BCUT2D eigenvalue weighted by molar-refractivity contribution is -0.128. The second kappa shape index (κ2) is 5.75. The van der Waals surface area contributed by atoms with Crippen molar-refractivity contribution in [2.75, 3.05) is 7.11 Å². The zero-order valence-corrected chi connectivity index (χ0v) is 15.1. The highest BCUT2D eigenvalue weighted by Crippen LogP contribution is 2.62. The van der Waals surface area contributed by atoms with Crippen LogP contribution in [0.15, 0.2) is 29.8 Å². The Bertz CT molecular complexity index is 702. The summed E-state index contributed by atoms with van der Waals surface area (Å²) >= 11 is 0. The molecule has 2 nitrogen and oxygen atoms in total. The highest BCUT2D eigenvalue weighted by molar-refractivity contribution is 6.02. The molecule has 0 amide bonds. The van der Waals surface area contributed by atoms with Crippen LogP contribution in [0.3, 0.4) is 0 Å². The average Bonchev–Trinajstić information content (AvgIpc) is 2.93. The standard InChI is InChI=1S/C22H28O2/c1-4-14-13-20-19-8-6-15-12-16(24-3)7-9-17(15)18(19)10-11-22(20,5-2)21(14)23/h4,7,9,12,18-20H,5-6,8,10-11,13H2,1-3H3/t18-,19-,20+,22+/m1/s1. The maximum absolute atomic E-state index is 13.0. The second-order valence-corrected chi connectivity index (χ2v) is 7.88. The highest BCUT2D eigenvalue weighted by Gasteiger charge is 2.57. The van der Waals surface area contributed by atoms with Crippen LogP contribution in [0.1, 0.15) is 63.0 Å². The summed E-state index contributed by atoms with van der Waals surface area (Å²) in [6, 6.07) is 6.63. The Labute approximate surface area is 145 Å². The van der Waals surface area contributed by atoms with Crippen molar-refractivity contribution in [2.45, 2.75) is 58.3 Å². The van der Waals surface area contributed by atoms with Gasteiger partial charge in [0.15, 0.2) is 5.78 Å². The van der Waals surface area contributed by atoms with E-state index in [1.165, 1.54) is 17.5 Å². The molecule has 128 valence electrons. The van der Waals surface area contributed by atoms with Crippen LogP contribution in [0.4, 0.5) is 0 Å². The number of allylic oxidation sites excluding steroid dienone is 2. The largest absolute Gasteiger partial charge is 0.497 e. The number of hydrogen-bond acceptors (Lipinski definition) is 2. The summed E-state index contributed by atoms with van der Waals surface area (Å²) < 4.78 is 5.41. The van der Waals surface area contributed by atoms with Crippen LogP contribution in [-0.2, 0) is 11.2 Å². The van der Waals surface area contributed by atoms with Crippen LogP contribution in [0.5, 0.6) is 5.75 Å². The minimum Gasteiger partial charge on any atom is -0.497 e. The van der Waals surface area contributed by atoms with E-state index in [0.29, 0.717) is 23.5 Å². The molecular weight excluding hydrogens is 296 g/mol. The van der Waals surface area contributed by atoms with Crippen LogP contribution in [0.25, 0.3) is 0 Å². The number of methoxy groups -OCH3 is 1. The summed E-state index contributed by atoms with van der Waals surface area (Å²) in [5.74, 6) is 3.29. The van der Waals surface area contributed by atoms with Gasteiger partial charge >= 0.3 is 0 Å². The van der Waals surface area contributed by atoms with Crippen LogP contribution in [-0.4, -0.2) is 12.9 Å². The first kappa shape index (κ1) is 15.9. The van der Waals surface area contributed by atoms with Crippen molar-refractivity contribution in [3.8, 4) is 5.75 Å². The first-order valence-corrected chi connectivity index (χ1v) is 9.51. The van der Waals surface area contributed by atoms with Crippen molar-refractivity contribution in [3.63, 3.8) is 0 Å². The molecule has 1 aromatic rings. The monoisotopic (exact) mass is 324 g/mol. The number of Topliss-reactive ketones (excluding diaryl/α,β-unsaturated/α-hetero) is 1. The molecule has 0 bridgehead atoms. The zero-order valence-electron chi connectivity index (χ0n) is 15.1. The predicted molar refractivity (Wildman–Crippen MR) is 96.4 cm³/mol. The molecule has 0 radical (unpaired) electrons. The predicted octanol–water partition coefficient (Wildman–Crippen LogP) is 5.07. The Morgan fingerprint density at radius 3 is 2.88 bits per heavy atom. The van der Waals surface area contributed by atoms with Crippen LogP contribution < -0.4 is 4.74 Å². The molecule has 2 fully saturated rings. The molecule has 0 aromatic heterocycles. The summed E-state index contributed by atoms with van der Waals surface area (Å²) in [6.45, 7) is 4.26. The molecule has 0 N–H and O–H groups in total. The van der Waals surface area contributed by atoms with Gasteiger partial charge in [0.25, 0.3) is 0 Å². The lowest BCUT2D eigenvalue weighted by atomic mass is 9.54. The second-order valence-electron chi connectivity index (χ2n) is 7.88. The normalized spacial score (nSPS) is 36.2. The van der Waals surface area contributed by atoms with Gasteiger partial charge in [-0.25, -0.2) is 0 Å². The molecule has 2 saturated carbocycles. The van der Waals surface area contributed by atoms with Gasteiger partial charge < -0.3 is 4.74 Å². The Kier molecular flexibility index (Phi) is 3.82. The van der Waals surface area contributed by atoms with E-state index >= 15 is 0 Å². The van der Waals surface area contributed by atoms with Gasteiger partial charge in [-0.1, -0.05) is 19.1 Å². The highest BCUT2D eigenvalue weighted by atomic mass is 16.5. The molecular formula is C22H28O2. The lowest BCUT2D eigenvalue weighted by Gasteiger charge is -2.49. The van der Waals surface area contributed by atoms with Gasteiger partial charge in [0, 0.05) is 5.41 Å². The molecule has 24 heavy (non-hydrogen) atoms. The molecule has 0 unspecified atom stereocenters. The SMILES string of the molecule is CC=C1C[C@H]2[C@@H]3CCc4cc(OC)ccc4[C@H]3CC[C@]2(CC)C1=O. The summed E-state index contributed by atoms with van der Waals surface area (Å²) in [4.78, 5) is 13.0. The van der Waals surface area contributed by atoms with E-state index < -0.39 is 0 Å². The third-order valence-electron chi connectivity index (χ3n) is 7.30. The average molecular weight is 324 g/mol. The number of aryl methyl sites for hydroxylation is 1. The van der Waals surface area contributed by atoms with Gasteiger partial charge in [0.2, 0.25) is 0 Å². The van der Waals surface area contributed by atoms with Gasteiger partial charge in [0.1, 0.15) is 5.75 Å². The fourth-order valence-electron chi connectivity index (χ4n) is 6.03. The van der Waals surface area contributed by atoms with Crippen molar-refractivity contribution in [3.05, 3.63) is 41.0 Å². The third kappa shape index (κ3) is 2.04. The van der Waals surface area contributed by atoms with E-state index in [9.17, 15) is 4.79 Å². The molecule has 0 spiro atoms. The summed E-state index contributed by atoms with van der Waals surface area (Å²) in [7, 11) is 1.74. The summed E-state index contributed by atoms with van der Waals surface area (Å²) in [5, 5.41) is 0. The van der Waals surface area contributed by atoms with Gasteiger partial charge in [0.05, 0.1) is 7.11 Å². The van der Waals surface area contributed by atoms with Gasteiger partial charge in [-0.2, -0.15) is 0 Å². The van der Waals surface area contributed by atoms with Crippen molar-refractivity contribution in [2.24, 2.45) is 17.3 Å². The van der Waals surface area contributed by atoms with E-state index in [1.807, 2.05) is 6.92 Å². The third-order valence-corrected chi connectivity index (χ3v) is 7.30. The Hall–Kier alpha value is -1.57. The minimum atomic E-state index is -0.0625. The van der Waals surface area contributed by atoms with E-state index in [1.54, 1.807) is 7.11 Å². The minimum absolute atomic E-state index is 0.0625. The zero-order chi connectivity index (χ0) is 16.9. The molecule has 2 heteroatoms. The van der Waals surface area contributed by atoms with Crippen LogP contribution in [0, 0.1) is 17.3 Å². The van der Waals surface area contributed by atoms with Gasteiger partial charge in [-0.05, 0) is 92.0 Å². The fourth-order valence-corrected chi connectivity index (χ4v) is 6.03. The number of ketones is 1. The summed E-state index contributed by atoms with van der Waals surface area (Å²) in [6.07, 6.45) is 8.68. The molecule has 0 saturated heterocycles. The number of hydrogen-bond donors (Lipinski definition) is 0. The number of fused-ring (bicyclic) bond motifs is 5. The topological polar surface area (TPSA) is 26.3 Å². The van der Waals surface area contributed by atoms with Crippen molar-refractivity contribution >= 4 is 5.78 Å².